The molecule has 7 heteroatoms. The number of ether oxygens (including phenoxy) is 2. The highest BCUT2D eigenvalue weighted by molar-refractivity contribution is 6.04. The van der Waals surface area contributed by atoms with Gasteiger partial charge in [0.2, 0.25) is 0 Å². The Morgan fingerprint density at radius 2 is 1.85 bits per heavy atom. The van der Waals surface area contributed by atoms with E-state index in [2.05, 4.69) is 27.1 Å². The van der Waals surface area contributed by atoms with E-state index in [0.717, 1.165) is 32.0 Å². The van der Waals surface area contributed by atoms with Gasteiger partial charge in [-0.3, -0.25) is 4.79 Å². The Morgan fingerprint density at radius 1 is 1.08 bits per heavy atom. The highest BCUT2D eigenvalue weighted by Crippen LogP contribution is 2.29. The average molecular weight is 356 g/mol. The Kier molecular flexibility index (Phi) is 5.58. The van der Waals surface area contributed by atoms with Crippen molar-refractivity contribution in [1.29, 1.82) is 0 Å². The predicted molar refractivity (Wildman–Crippen MR) is 101 cm³/mol. The van der Waals surface area contributed by atoms with E-state index in [0.29, 0.717) is 22.9 Å². The van der Waals surface area contributed by atoms with Crippen molar-refractivity contribution in [1.82, 2.24) is 9.88 Å². The first-order chi connectivity index (χ1) is 12.6. The summed E-state index contributed by atoms with van der Waals surface area (Å²) in [5.74, 6) is 1.74. The number of pyridine rings is 1. The summed E-state index contributed by atoms with van der Waals surface area (Å²) >= 11 is 0. The maximum absolute atomic E-state index is 12.7. The summed E-state index contributed by atoms with van der Waals surface area (Å²) in [4.78, 5) is 21.7. The highest BCUT2D eigenvalue weighted by atomic mass is 16.5. The number of likely N-dealkylation sites (N-methyl/N-ethyl adjacent to an activating group) is 1. The summed E-state index contributed by atoms with van der Waals surface area (Å²) in [6.45, 7) is 3.77. The van der Waals surface area contributed by atoms with Crippen molar-refractivity contribution in [2.75, 3.05) is 57.7 Å². The molecule has 2 heterocycles. The fourth-order valence-electron chi connectivity index (χ4n) is 2.86. The molecule has 1 N–H and O–H groups in total. The van der Waals surface area contributed by atoms with Crippen LogP contribution in [0.2, 0.25) is 0 Å². The van der Waals surface area contributed by atoms with Crippen molar-refractivity contribution in [2.45, 2.75) is 0 Å². The quantitative estimate of drug-likeness (QED) is 0.885. The van der Waals surface area contributed by atoms with E-state index in [-0.39, 0.29) is 5.91 Å². The largest absolute Gasteiger partial charge is 0.497 e. The summed E-state index contributed by atoms with van der Waals surface area (Å²) in [5, 5.41) is 2.86. The molecule has 0 atom stereocenters. The van der Waals surface area contributed by atoms with Crippen molar-refractivity contribution in [3.63, 3.8) is 0 Å². The molecule has 1 aromatic heterocycles. The number of carbonyl (C=O) groups excluding carboxylic acids is 1. The third-order valence-corrected chi connectivity index (χ3v) is 4.45. The Hall–Kier alpha value is -2.80. The summed E-state index contributed by atoms with van der Waals surface area (Å²) in [7, 11) is 5.24. The molecular weight excluding hydrogens is 332 g/mol. The van der Waals surface area contributed by atoms with Gasteiger partial charge in [0.15, 0.2) is 0 Å². The molecule has 1 aliphatic rings. The van der Waals surface area contributed by atoms with E-state index in [4.69, 9.17) is 9.47 Å². The van der Waals surface area contributed by atoms with Crippen LogP contribution >= 0.6 is 0 Å². The lowest BCUT2D eigenvalue weighted by atomic mass is 10.2. The minimum Gasteiger partial charge on any atom is -0.497 e. The normalized spacial score (nSPS) is 14.8. The second-order valence-electron chi connectivity index (χ2n) is 6.19. The molecule has 3 rings (SSSR count). The zero-order valence-electron chi connectivity index (χ0n) is 15.4. The van der Waals surface area contributed by atoms with Gasteiger partial charge in [0.1, 0.15) is 23.0 Å². The molecule has 0 aliphatic carbocycles. The predicted octanol–water partition coefficient (Wildman–Crippen LogP) is 2.10. The number of piperazine rings is 1. The number of anilines is 2. The van der Waals surface area contributed by atoms with Gasteiger partial charge in [0.05, 0.1) is 19.9 Å². The van der Waals surface area contributed by atoms with Crippen LogP contribution in [0, 0.1) is 0 Å². The first-order valence-corrected chi connectivity index (χ1v) is 8.54. The van der Waals surface area contributed by atoms with Crippen molar-refractivity contribution >= 4 is 17.4 Å². The van der Waals surface area contributed by atoms with E-state index in [9.17, 15) is 4.79 Å². The van der Waals surface area contributed by atoms with Crippen LogP contribution < -0.4 is 19.7 Å². The van der Waals surface area contributed by atoms with Gasteiger partial charge in [-0.25, -0.2) is 4.98 Å². The van der Waals surface area contributed by atoms with Gasteiger partial charge in [-0.05, 0) is 31.3 Å². The minimum absolute atomic E-state index is 0.285. The van der Waals surface area contributed by atoms with Crippen LogP contribution in [0.1, 0.15) is 10.5 Å². The number of amides is 1. The molecule has 2 aromatic rings. The van der Waals surface area contributed by atoms with Crippen LogP contribution in [0.15, 0.2) is 36.4 Å². The van der Waals surface area contributed by atoms with E-state index in [1.807, 2.05) is 12.1 Å². The lowest BCUT2D eigenvalue weighted by Gasteiger charge is -2.33. The molecule has 0 bridgehead atoms. The van der Waals surface area contributed by atoms with Gasteiger partial charge in [0, 0.05) is 32.2 Å². The topological polar surface area (TPSA) is 66.9 Å². The van der Waals surface area contributed by atoms with Gasteiger partial charge in [0.25, 0.3) is 5.91 Å². The molecule has 0 spiro atoms. The maximum Gasteiger partial charge on any atom is 0.274 e. The van der Waals surface area contributed by atoms with Gasteiger partial charge in [-0.2, -0.15) is 0 Å². The first kappa shape index (κ1) is 18.0. The van der Waals surface area contributed by atoms with Crippen molar-refractivity contribution < 1.29 is 14.3 Å². The fourth-order valence-corrected chi connectivity index (χ4v) is 2.86. The molecule has 0 radical (unpaired) electrons. The zero-order valence-corrected chi connectivity index (χ0v) is 15.4. The fraction of sp³-hybridized carbons (Fsp3) is 0.368. The molecule has 138 valence electrons. The third kappa shape index (κ3) is 4.05. The Morgan fingerprint density at radius 3 is 2.54 bits per heavy atom. The maximum atomic E-state index is 12.7. The molecule has 1 fully saturated rings. The lowest BCUT2D eigenvalue weighted by Crippen LogP contribution is -2.44. The monoisotopic (exact) mass is 356 g/mol. The Labute approximate surface area is 153 Å². The molecular formula is C19H24N4O3. The van der Waals surface area contributed by atoms with E-state index >= 15 is 0 Å². The summed E-state index contributed by atoms with van der Waals surface area (Å²) in [6, 6.07) is 10.8. The lowest BCUT2D eigenvalue weighted by molar-refractivity contribution is 0.102. The van der Waals surface area contributed by atoms with Crippen LogP contribution in [0.4, 0.5) is 11.5 Å². The van der Waals surface area contributed by atoms with Gasteiger partial charge < -0.3 is 24.6 Å². The molecule has 1 saturated heterocycles. The first-order valence-electron chi connectivity index (χ1n) is 8.54. The highest BCUT2D eigenvalue weighted by Gasteiger charge is 2.17. The van der Waals surface area contributed by atoms with Crippen LogP contribution in [0.25, 0.3) is 0 Å². The van der Waals surface area contributed by atoms with E-state index in [1.54, 1.807) is 38.5 Å². The van der Waals surface area contributed by atoms with Crippen LogP contribution in [0.5, 0.6) is 11.5 Å². The summed E-state index contributed by atoms with van der Waals surface area (Å²) in [5.41, 5.74) is 0.912. The number of nitrogens with zero attached hydrogens (tertiary/aromatic N) is 3. The number of methoxy groups -OCH3 is 2. The zero-order chi connectivity index (χ0) is 18.5. The van der Waals surface area contributed by atoms with Crippen LogP contribution in [-0.4, -0.2) is 63.2 Å². The number of benzene rings is 1. The van der Waals surface area contributed by atoms with Gasteiger partial charge in [-0.15, -0.1) is 0 Å². The Balaban J connectivity index is 1.77. The number of hydrogen-bond donors (Lipinski definition) is 1. The number of aromatic nitrogens is 1. The van der Waals surface area contributed by atoms with Crippen molar-refractivity contribution in [2.24, 2.45) is 0 Å². The molecule has 7 nitrogen and oxygen atoms in total. The number of hydrogen-bond acceptors (Lipinski definition) is 6. The second kappa shape index (κ2) is 8.05. The van der Waals surface area contributed by atoms with Gasteiger partial charge >= 0.3 is 0 Å². The van der Waals surface area contributed by atoms with Gasteiger partial charge in [-0.1, -0.05) is 6.07 Å². The number of nitrogens with one attached hydrogen (secondary N) is 1. The standard InChI is InChI=1S/C19H24N4O3/c1-22-9-11-23(12-10-22)18-6-4-5-15(20-18)19(24)21-16-13-14(25-2)7-8-17(16)26-3/h4-8,13H,9-12H2,1-3H3,(H,21,24). The third-order valence-electron chi connectivity index (χ3n) is 4.45. The van der Waals surface area contributed by atoms with Crippen LogP contribution in [-0.2, 0) is 0 Å². The van der Waals surface area contributed by atoms with Crippen molar-refractivity contribution in [3.05, 3.63) is 42.1 Å². The van der Waals surface area contributed by atoms with Crippen LogP contribution in [0.3, 0.4) is 0 Å². The number of rotatable bonds is 5. The summed E-state index contributed by atoms with van der Waals surface area (Å²) < 4.78 is 10.5. The number of carbonyl (C=O) groups is 1. The average Bonchev–Trinajstić information content (AvgIpc) is 2.68. The molecule has 1 amide bonds. The Bertz CT molecular complexity index is 773. The molecule has 26 heavy (non-hydrogen) atoms. The van der Waals surface area contributed by atoms with E-state index < -0.39 is 0 Å². The SMILES string of the molecule is COc1ccc(OC)c(NC(=O)c2cccc(N3CCN(C)CC3)n2)c1. The van der Waals surface area contributed by atoms with Crippen molar-refractivity contribution in [3.8, 4) is 11.5 Å². The molecule has 1 aromatic carbocycles. The smallest absolute Gasteiger partial charge is 0.274 e. The van der Waals surface area contributed by atoms with E-state index in [1.165, 1.54) is 0 Å². The molecule has 0 saturated carbocycles. The molecule has 0 unspecified atom stereocenters. The minimum atomic E-state index is -0.285. The summed E-state index contributed by atoms with van der Waals surface area (Å²) in [6.07, 6.45) is 0. The molecule has 1 aliphatic heterocycles. The second-order valence-corrected chi connectivity index (χ2v) is 6.19.